The highest BCUT2D eigenvalue weighted by molar-refractivity contribution is 5.69. The maximum Gasteiger partial charge on any atom is 0.305 e. The van der Waals surface area contributed by atoms with Gasteiger partial charge < -0.3 is 9.47 Å². The van der Waals surface area contributed by atoms with Gasteiger partial charge in [0.15, 0.2) is 0 Å². The normalized spacial score (nSPS) is 17.1. The Hall–Kier alpha value is -0.570. The Morgan fingerprint density at radius 2 is 1.60 bits per heavy atom. The lowest BCUT2D eigenvalue weighted by molar-refractivity contribution is -0.143. The van der Waals surface area contributed by atoms with Gasteiger partial charge in [-0.15, -0.1) is 0 Å². The highest BCUT2D eigenvalue weighted by Crippen LogP contribution is 2.16. The smallest absolute Gasteiger partial charge is 0.305 e. The van der Waals surface area contributed by atoms with Crippen LogP contribution in [0.25, 0.3) is 0 Å². The average molecular weight is 284 g/mol. The molecule has 0 aromatic rings. The fourth-order valence-electron chi connectivity index (χ4n) is 2.38. The number of unbranched alkanes of at least 4 members (excludes halogenated alkanes) is 8. The van der Waals surface area contributed by atoms with Crippen molar-refractivity contribution in [3.8, 4) is 0 Å². The van der Waals surface area contributed by atoms with Crippen LogP contribution < -0.4 is 0 Å². The highest BCUT2D eigenvalue weighted by atomic mass is 16.6. The quantitative estimate of drug-likeness (QED) is 0.265. The molecule has 0 aromatic carbocycles. The SMILES string of the molecule is CCCCCCCCCCCOC(=O)CCCC1CO1. The lowest BCUT2D eigenvalue weighted by Crippen LogP contribution is -2.06. The van der Waals surface area contributed by atoms with Gasteiger partial charge in [0.05, 0.1) is 19.3 Å². The molecule has 0 aliphatic carbocycles. The van der Waals surface area contributed by atoms with E-state index in [4.69, 9.17) is 9.47 Å². The minimum absolute atomic E-state index is 0.0368. The minimum atomic E-state index is -0.0368. The molecule has 3 nitrogen and oxygen atoms in total. The van der Waals surface area contributed by atoms with Crippen LogP contribution in [0.5, 0.6) is 0 Å². The Morgan fingerprint density at radius 3 is 2.20 bits per heavy atom. The highest BCUT2D eigenvalue weighted by Gasteiger charge is 2.21. The summed E-state index contributed by atoms with van der Waals surface area (Å²) in [6.45, 7) is 3.74. The summed E-state index contributed by atoms with van der Waals surface area (Å²) in [6, 6.07) is 0. The Labute approximate surface area is 124 Å². The topological polar surface area (TPSA) is 38.8 Å². The molecule has 1 aliphatic heterocycles. The van der Waals surface area contributed by atoms with Gasteiger partial charge >= 0.3 is 5.97 Å². The average Bonchev–Trinajstić information content (AvgIpc) is 3.25. The van der Waals surface area contributed by atoms with Crippen molar-refractivity contribution in [2.75, 3.05) is 13.2 Å². The van der Waals surface area contributed by atoms with Gasteiger partial charge in [-0.2, -0.15) is 0 Å². The monoisotopic (exact) mass is 284 g/mol. The molecule has 0 N–H and O–H groups in total. The van der Waals surface area contributed by atoms with Crippen LogP contribution in [-0.2, 0) is 14.3 Å². The fourth-order valence-corrected chi connectivity index (χ4v) is 2.38. The number of hydrogen-bond donors (Lipinski definition) is 0. The largest absolute Gasteiger partial charge is 0.466 e. The number of esters is 1. The fraction of sp³-hybridized carbons (Fsp3) is 0.941. The third-order valence-electron chi connectivity index (χ3n) is 3.82. The summed E-state index contributed by atoms with van der Waals surface area (Å²) in [6.07, 6.45) is 14.6. The van der Waals surface area contributed by atoms with Gasteiger partial charge in [-0.3, -0.25) is 4.79 Å². The molecule has 0 saturated carbocycles. The second-order valence-corrected chi connectivity index (χ2v) is 5.90. The Kier molecular flexibility index (Phi) is 10.7. The summed E-state index contributed by atoms with van der Waals surface area (Å²) in [7, 11) is 0. The first kappa shape index (κ1) is 17.5. The van der Waals surface area contributed by atoms with E-state index in [9.17, 15) is 4.79 Å². The van der Waals surface area contributed by atoms with Crippen molar-refractivity contribution in [1.82, 2.24) is 0 Å². The zero-order valence-electron chi connectivity index (χ0n) is 13.2. The van der Waals surface area contributed by atoms with Crippen LogP contribution in [-0.4, -0.2) is 25.3 Å². The van der Waals surface area contributed by atoms with E-state index in [0.29, 0.717) is 19.1 Å². The van der Waals surface area contributed by atoms with Gasteiger partial charge in [-0.1, -0.05) is 58.3 Å². The van der Waals surface area contributed by atoms with Crippen molar-refractivity contribution in [3.63, 3.8) is 0 Å². The maximum atomic E-state index is 11.4. The molecule has 0 amide bonds. The molecule has 1 saturated heterocycles. The summed E-state index contributed by atoms with van der Waals surface area (Å²) < 4.78 is 10.3. The Bertz CT molecular complexity index is 236. The molecule has 0 bridgehead atoms. The first-order valence-electron chi connectivity index (χ1n) is 8.60. The molecule has 0 aromatic heterocycles. The van der Waals surface area contributed by atoms with E-state index in [-0.39, 0.29) is 5.97 Å². The van der Waals surface area contributed by atoms with E-state index in [0.717, 1.165) is 25.9 Å². The van der Waals surface area contributed by atoms with Crippen LogP contribution >= 0.6 is 0 Å². The van der Waals surface area contributed by atoms with E-state index in [2.05, 4.69) is 6.92 Å². The molecular formula is C17H32O3. The van der Waals surface area contributed by atoms with Crippen LogP contribution in [0.2, 0.25) is 0 Å². The molecule has 20 heavy (non-hydrogen) atoms. The van der Waals surface area contributed by atoms with Gasteiger partial charge in [0, 0.05) is 6.42 Å². The summed E-state index contributed by atoms with van der Waals surface area (Å²) >= 11 is 0. The Balaban J connectivity index is 1.71. The number of carbonyl (C=O) groups excluding carboxylic acids is 1. The van der Waals surface area contributed by atoms with Crippen molar-refractivity contribution >= 4 is 5.97 Å². The third-order valence-corrected chi connectivity index (χ3v) is 3.82. The van der Waals surface area contributed by atoms with Crippen LogP contribution in [0.3, 0.4) is 0 Å². The van der Waals surface area contributed by atoms with Gasteiger partial charge in [0.1, 0.15) is 0 Å². The van der Waals surface area contributed by atoms with Gasteiger partial charge in [-0.05, 0) is 19.3 Å². The predicted molar refractivity (Wildman–Crippen MR) is 81.8 cm³/mol. The zero-order valence-corrected chi connectivity index (χ0v) is 13.2. The number of hydrogen-bond acceptors (Lipinski definition) is 3. The van der Waals surface area contributed by atoms with Crippen LogP contribution in [0, 0.1) is 0 Å². The standard InChI is InChI=1S/C17H32O3/c1-2-3-4-5-6-7-8-9-10-14-19-17(18)13-11-12-16-15-20-16/h16H,2-15H2,1H3. The van der Waals surface area contributed by atoms with E-state index >= 15 is 0 Å². The third kappa shape index (κ3) is 11.3. The van der Waals surface area contributed by atoms with Crippen molar-refractivity contribution in [2.24, 2.45) is 0 Å². The van der Waals surface area contributed by atoms with E-state index in [1.807, 2.05) is 0 Å². The van der Waals surface area contributed by atoms with Gasteiger partial charge in [-0.25, -0.2) is 0 Å². The van der Waals surface area contributed by atoms with Crippen LogP contribution in [0.4, 0.5) is 0 Å². The van der Waals surface area contributed by atoms with Gasteiger partial charge in [0.2, 0.25) is 0 Å². The lowest BCUT2D eigenvalue weighted by atomic mass is 10.1. The van der Waals surface area contributed by atoms with Gasteiger partial charge in [0.25, 0.3) is 0 Å². The zero-order chi connectivity index (χ0) is 14.5. The van der Waals surface area contributed by atoms with Crippen molar-refractivity contribution < 1.29 is 14.3 Å². The number of epoxide rings is 1. The van der Waals surface area contributed by atoms with Crippen LogP contribution in [0.15, 0.2) is 0 Å². The summed E-state index contributed by atoms with van der Waals surface area (Å²) in [5, 5.41) is 0. The first-order valence-corrected chi connectivity index (χ1v) is 8.60. The molecule has 1 unspecified atom stereocenters. The van der Waals surface area contributed by atoms with E-state index < -0.39 is 0 Å². The van der Waals surface area contributed by atoms with E-state index in [1.165, 1.54) is 51.4 Å². The second kappa shape index (κ2) is 12.2. The minimum Gasteiger partial charge on any atom is -0.466 e. The van der Waals surface area contributed by atoms with Crippen molar-refractivity contribution in [1.29, 1.82) is 0 Å². The first-order chi connectivity index (χ1) is 9.83. The number of ether oxygens (including phenoxy) is 2. The Morgan fingerprint density at radius 1 is 1.00 bits per heavy atom. The van der Waals surface area contributed by atoms with Crippen LogP contribution in [0.1, 0.15) is 84.0 Å². The maximum absolute atomic E-state index is 11.4. The molecule has 1 aliphatic rings. The summed E-state index contributed by atoms with van der Waals surface area (Å²) in [5.74, 6) is -0.0368. The molecule has 1 atom stereocenters. The number of rotatable bonds is 14. The molecule has 0 radical (unpaired) electrons. The molecule has 0 spiro atoms. The predicted octanol–water partition coefficient (Wildman–Crippen LogP) is 4.63. The summed E-state index contributed by atoms with van der Waals surface area (Å²) in [5.41, 5.74) is 0. The molecule has 1 fully saturated rings. The molecule has 1 rings (SSSR count). The van der Waals surface area contributed by atoms with Crippen molar-refractivity contribution in [3.05, 3.63) is 0 Å². The number of carbonyl (C=O) groups is 1. The van der Waals surface area contributed by atoms with E-state index in [1.54, 1.807) is 0 Å². The molecular weight excluding hydrogens is 252 g/mol. The molecule has 1 heterocycles. The summed E-state index contributed by atoms with van der Waals surface area (Å²) in [4.78, 5) is 11.4. The molecule has 3 heteroatoms. The second-order valence-electron chi connectivity index (χ2n) is 5.90. The van der Waals surface area contributed by atoms with Crippen molar-refractivity contribution in [2.45, 2.75) is 90.1 Å². The lowest BCUT2D eigenvalue weighted by Gasteiger charge is -2.05. The molecule has 118 valence electrons.